The van der Waals surface area contributed by atoms with Crippen molar-refractivity contribution in [2.24, 2.45) is 0 Å². The van der Waals surface area contributed by atoms with E-state index in [1.165, 1.54) is 13.1 Å². The van der Waals surface area contributed by atoms with Crippen molar-refractivity contribution < 1.29 is 4.79 Å². The minimum atomic E-state index is -0.445. The molecule has 1 aliphatic heterocycles. The van der Waals surface area contributed by atoms with Gasteiger partial charge >= 0.3 is 141 Å². The van der Waals surface area contributed by atoms with E-state index >= 15 is 0 Å². The van der Waals surface area contributed by atoms with Crippen LogP contribution in [0, 0.1) is 0 Å². The Labute approximate surface area is 141 Å². The van der Waals surface area contributed by atoms with Crippen LogP contribution in [-0.4, -0.2) is 62.7 Å². The quantitative estimate of drug-likeness (QED) is 0.509. The summed E-state index contributed by atoms with van der Waals surface area (Å²) in [5.41, 5.74) is 7.32. The Hall–Kier alpha value is -1.98. The Morgan fingerprint density at radius 3 is 2.65 bits per heavy atom. The molecule has 1 aliphatic rings. The van der Waals surface area contributed by atoms with Gasteiger partial charge in [0.15, 0.2) is 0 Å². The molecule has 1 radical (unpaired) electrons. The maximum absolute atomic E-state index is 11.3. The number of carbonyl (C=O) groups is 1. The summed E-state index contributed by atoms with van der Waals surface area (Å²) in [6.45, 7) is 5.47. The van der Waals surface area contributed by atoms with Crippen molar-refractivity contribution in [3.8, 4) is 0 Å². The molecule has 2 aromatic rings. The van der Waals surface area contributed by atoms with Gasteiger partial charge < -0.3 is 0 Å². The first-order valence-corrected chi connectivity index (χ1v) is 9.28. The third-order valence-corrected chi connectivity index (χ3v) is 5.52. The zero-order valence-corrected chi connectivity index (χ0v) is 14.7. The number of rotatable bonds is 4. The van der Waals surface area contributed by atoms with E-state index in [9.17, 15) is 4.79 Å². The molecule has 0 spiro atoms. The number of pyridine rings is 1. The van der Waals surface area contributed by atoms with E-state index < -0.39 is 15.8 Å². The number of Topliss-reactive ketones (excluding diaryl/α,β-unsaturated/α-hetero) is 1. The first kappa shape index (κ1) is 15.9. The predicted molar refractivity (Wildman–Crippen MR) is 90.8 cm³/mol. The second kappa shape index (κ2) is 7.06. The molecule has 0 unspecified atom stereocenters. The standard InChI is InChI=1S/C15H18AsN6O/c1-10(23)12-9-20-15(21-14(12)17)16-13-3-2-11(8-19-13)22-6-4-18-5-7-22/h2-3,8-9,18H,4-7H2,1H3,(H2,17,20,21). The van der Waals surface area contributed by atoms with E-state index in [0.29, 0.717) is 10.2 Å². The zero-order chi connectivity index (χ0) is 16.2. The van der Waals surface area contributed by atoms with Gasteiger partial charge in [-0.25, -0.2) is 0 Å². The maximum atomic E-state index is 11.3. The van der Waals surface area contributed by atoms with Crippen LogP contribution in [0.5, 0.6) is 0 Å². The second-order valence-electron chi connectivity index (χ2n) is 5.25. The fourth-order valence-electron chi connectivity index (χ4n) is 2.37. The SMILES string of the molecule is CC(=O)c1cnc([As]c2ccc(N3CCNCC3)cn2)nc1N. The van der Waals surface area contributed by atoms with Crippen molar-refractivity contribution in [1.82, 2.24) is 20.3 Å². The molecule has 0 bridgehead atoms. The van der Waals surface area contributed by atoms with E-state index in [4.69, 9.17) is 5.73 Å². The van der Waals surface area contributed by atoms with Crippen LogP contribution in [0.4, 0.5) is 11.5 Å². The molecule has 8 heteroatoms. The fourth-order valence-corrected chi connectivity index (χ4v) is 3.93. The molecule has 0 aromatic carbocycles. The van der Waals surface area contributed by atoms with Crippen molar-refractivity contribution in [1.29, 1.82) is 0 Å². The molecule has 3 N–H and O–H groups in total. The van der Waals surface area contributed by atoms with E-state index in [0.717, 1.165) is 36.3 Å². The van der Waals surface area contributed by atoms with Crippen LogP contribution in [0.25, 0.3) is 0 Å². The summed E-state index contributed by atoms with van der Waals surface area (Å²) in [6, 6.07) is 4.12. The van der Waals surface area contributed by atoms with Gasteiger partial charge in [0, 0.05) is 0 Å². The van der Waals surface area contributed by atoms with Crippen molar-refractivity contribution >= 4 is 42.1 Å². The number of nitrogens with one attached hydrogen (secondary N) is 1. The Morgan fingerprint density at radius 2 is 2.04 bits per heavy atom. The van der Waals surface area contributed by atoms with E-state index in [1.54, 1.807) is 0 Å². The van der Waals surface area contributed by atoms with Crippen molar-refractivity contribution in [3.05, 3.63) is 30.1 Å². The number of hydrogen-bond donors (Lipinski definition) is 2. The van der Waals surface area contributed by atoms with Crippen LogP contribution in [0.2, 0.25) is 0 Å². The Balaban J connectivity index is 1.70. The van der Waals surface area contributed by atoms with Crippen LogP contribution in [0.1, 0.15) is 17.3 Å². The molecule has 7 nitrogen and oxygen atoms in total. The molecule has 23 heavy (non-hydrogen) atoms. The zero-order valence-electron chi connectivity index (χ0n) is 12.9. The molecule has 0 atom stereocenters. The van der Waals surface area contributed by atoms with Gasteiger partial charge in [-0.15, -0.1) is 0 Å². The van der Waals surface area contributed by atoms with Gasteiger partial charge in [-0.1, -0.05) is 0 Å². The summed E-state index contributed by atoms with van der Waals surface area (Å²) in [5.74, 6) is 0.124. The first-order chi connectivity index (χ1) is 11.1. The topological polar surface area (TPSA) is 97.0 Å². The molecule has 0 saturated carbocycles. The third-order valence-electron chi connectivity index (χ3n) is 3.61. The second-order valence-corrected chi connectivity index (χ2v) is 7.52. The minimum absolute atomic E-state index is 0.121. The molecule has 1 fully saturated rings. The molecule has 3 heterocycles. The van der Waals surface area contributed by atoms with Gasteiger partial charge in [0.1, 0.15) is 0 Å². The molecule has 1 saturated heterocycles. The van der Waals surface area contributed by atoms with Crippen LogP contribution in [-0.2, 0) is 0 Å². The Morgan fingerprint density at radius 1 is 1.26 bits per heavy atom. The van der Waals surface area contributed by atoms with Gasteiger partial charge in [-0.2, -0.15) is 0 Å². The first-order valence-electron chi connectivity index (χ1n) is 7.40. The van der Waals surface area contributed by atoms with Crippen LogP contribution < -0.4 is 25.0 Å². The number of carbonyl (C=O) groups excluding carboxylic acids is 1. The number of aromatic nitrogens is 3. The van der Waals surface area contributed by atoms with Gasteiger partial charge in [-0.05, 0) is 0 Å². The average molecular weight is 373 g/mol. The summed E-state index contributed by atoms with van der Waals surface area (Å²) < 4.78 is 1.63. The summed E-state index contributed by atoms with van der Waals surface area (Å²) in [6.07, 6.45) is 3.41. The number of piperazine rings is 1. The normalized spacial score (nSPS) is 15.3. The van der Waals surface area contributed by atoms with Crippen molar-refractivity contribution in [2.75, 3.05) is 36.8 Å². The molecule has 119 valence electrons. The predicted octanol–water partition coefficient (Wildman–Crippen LogP) is -1.28. The molecule has 0 amide bonds. The third kappa shape index (κ3) is 3.86. The molecular formula is C15H18AsN6O. The molecule has 0 aliphatic carbocycles. The summed E-state index contributed by atoms with van der Waals surface area (Å²) in [5, 5.41) is 3.34. The summed E-state index contributed by atoms with van der Waals surface area (Å²) >= 11 is -0.445. The van der Waals surface area contributed by atoms with Gasteiger partial charge in [0.2, 0.25) is 0 Å². The number of anilines is 2. The average Bonchev–Trinajstić information content (AvgIpc) is 2.56. The van der Waals surface area contributed by atoms with Crippen LogP contribution in [0.3, 0.4) is 0 Å². The van der Waals surface area contributed by atoms with Gasteiger partial charge in [0.05, 0.1) is 0 Å². The molecule has 2 aromatic heterocycles. The van der Waals surface area contributed by atoms with Gasteiger partial charge in [-0.3, -0.25) is 0 Å². The molecular weight excluding hydrogens is 355 g/mol. The van der Waals surface area contributed by atoms with E-state index in [2.05, 4.69) is 31.2 Å². The summed E-state index contributed by atoms with van der Waals surface area (Å²) in [4.78, 5) is 26.7. The fraction of sp³-hybridized carbons (Fsp3) is 0.333. The Bertz CT molecular complexity index is 700. The molecule has 3 rings (SSSR count). The number of nitrogens with zero attached hydrogens (tertiary/aromatic N) is 4. The van der Waals surface area contributed by atoms with Crippen LogP contribution in [0.15, 0.2) is 24.5 Å². The van der Waals surface area contributed by atoms with Crippen molar-refractivity contribution in [2.45, 2.75) is 6.92 Å². The number of ketones is 1. The van der Waals surface area contributed by atoms with Crippen molar-refractivity contribution in [3.63, 3.8) is 0 Å². The summed E-state index contributed by atoms with van der Waals surface area (Å²) in [7, 11) is 0. The number of hydrogen-bond acceptors (Lipinski definition) is 7. The van der Waals surface area contributed by atoms with Gasteiger partial charge in [0.25, 0.3) is 0 Å². The van der Waals surface area contributed by atoms with Crippen LogP contribution >= 0.6 is 0 Å². The van der Waals surface area contributed by atoms with E-state index in [-0.39, 0.29) is 11.6 Å². The number of nitrogen functional groups attached to an aromatic ring is 1. The monoisotopic (exact) mass is 373 g/mol. The van der Waals surface area contributed by atoms with E-state index in [1.807, 2.05) is 12.3 Å². The Kier molecular flexibility index (Phi) is 4.88. The number of nitrogens with two attached hydrogens (primary N) is 1.